The summed E-state index contributed by atoms with van der Waals surface area (Å²) in [6, 6.07) is 5.33. The molecule has 1 heterocycles. The smallest absolute Gasteiger partial charge is 0.337 e. The van der Waals surface area contributed by atoms with Crippen LogP contribution in [0.15, 0.2) is 24.3 Å². The molecule has 1 amide bonds. The van der Waals surface area contributed by atoms with E-state index in [4.69, 9.17) is 0 Å². The monoisotopic (exact) mass is 413 g/mol. The van der Waals surface area contributed by atoms with Crippen LogP contribution in [-0.4, -0.2) is 53.4 Å². The van der Waals surface area contributed by atoms with Gasteiger partial charge in [-0.05, 0) is 33.0 Å². The third-order valence-corrected chi connectivity index (χ3v) is 5.88. The lowest BCUT2D eigenvalue weighted by Gasteiger charge is -2.25. The number of nitrogens with zero attached hydrogens (tertiary/aromatic N) is 3. The lowest BCUT2D eigenvalue weighted by Crippen LogP contribution is -2.38. The molecule has 4 nitrogen and oxygen atoms in total. The van der Waals surface area contributed by atoms with Crippen LogP contribution in [0.3, 0.4) is 0 Å². The third kappa shape index (κ3) is 5.11. The lowest BCUT2D eigenvalue weighted by atomic mass is 10.1. The summed E-state index contributed by atoms with van der Waals surface area (Å²) in [6.07, 6.45) is -4.47. The molecule has 1 aromatic carbocycles. The number of rotatable bonds is 8. The SMILES string of the molecule is CCN(CC)CCN(CC)C(=O)c1sc(-c2ccccc2C(F)(F)F)nc1C. The minimum atomic E-state index is -4.47. The molecule has 0 aliphatic carbocycles. The van der Waals surface area contributed by atoms with Crippen molar-refractivity contribution in [2.75, 3.05) is 32.7 Å². The molecule has 0 radical (unpaired) electrons. The average Bonchev–Trinajstić information content (AvgIpc) is 3.06. The number of hydrogen-bond acceptors (Lipinski definition) is 4. The van der Waals surface area contributed by atoms with Gasteiger partial charge in [0.2, 0.25) is 0 Å². The van der Waals surface area contributed by atoms with Crippen molar-refractivity contribution >= 4 is 17.2 Å². The number of halogens is 3. The van der Waals surface area contributed by atoms with Crippen LogP contribution in [0.4, 0.5) is 13.2 Å². The van der Waals surface area contributed by atoms with Gasteiger partial charge >= 0.3 is 6.18 Å². The number of amides is 1. The molecule has 2 rings (SSSR count). The molecule has 0 atom stereocenters. The molecular formula is C20H26F3N3OS. The first kappa shape index (κ1) is 22.4. The summed E-state index contributed by atoms with van der Waals surface area (Å²) in [4.78, 5) is 21.6. The largest absolute Gasteiger partial charge is 0.417 e. The Morgan fingerprint density at radius 3 is 2.29 bits per heavy atom. The Morgan fingerprint density at radius 1 is 1.07 bits per heavy atom. The van der Waals surface area contributed by atoms with E-state index in [2.05, 4.69) is 23.7 Å². The van der Waals surface area contributed by atoms with Gasteiger partial charge in [-0.15, -0.1) is 11.3 Å². The van der Waals surface area contributed by atoms with Crippen LogP contribution in [0.1, 0.15) is 41.7 Å². The normalized spacial score (nSPS) is 11.9. The highest BCUT2D eigenvalue weighted by Crippen LogP contribution is 2.39. The Bertz CT molecular complexity index is 800. The van der Waals surface area contributed by atoms with Gasteiger partial charge in [-0.3, -0.25) is 4.79 Å². The van der Waals surface area contributed by atoms with Gasteiger partial charge < -0.3 is 9.80 Å². The second-order valence-electron chi connectivity index (χ2n) is 6.39. The zero-order valence-corrected chi connectivity index (χ0v) is 17.5. The van der Waals surface area contributed by atoms with Gasteiger partial charge in [0.15, 0.2) is 0 Å². The number of carbonyl (C=O) groups excluding carboxylic acids is 1. The van der Waals surface area contributed by atoms with Crippen molar-refractivity contribution in [1.29, 1.82) is 0 Å². The van der Waals surface area contributed by atoms with Crippen LogP contribution in [0.25, 0.3) is 10.6 Å². The summed E-state index contributed by atoms with van der Waals surface area (Å²) >= 11 is 1.02. The molecule has 0 saturated carbocycles. The second kappa shape index (κ2) is 9.52. The average molecular weight is 414 g/mol. The molecule has 1 aromatic heterocycles. The van der Waals surface area contributed by atoms with E-state index in [1.165, 1.54) is 12.1 Å². The lowest BCUT2D eigenvalue weighted by molar-refractivity contribution is -0.137. The van der Waals surface area contributed by atoms with E-state index in [-0.39, 0.29) is 16.5 Å². The van der Waals surface area contributed by atoms with Crippen LogP contribution >= 0.6 is 11.3 Å². The fourth-order valence-electron chi connectivity index (χ4n) is 2.98. The van der Waals surface area contributed by atoms with Crippen LogP contribution in [0.2, 0.25) is 0 Å². The maximum Gasteiger partial charge on any atom is 0.417 e. The van der Waals surface area contributed by atoms with Crippen molar-refractivity contribution in [3.05, 3.63) is 40.4 Å². The highest BCUT2D eigenvalue weighted by atomic mass is 32.1. The van der Waals surface area contributed by atoms with Gasteiger partial charge in [0.25, 0.3) is 5.91 Å². The molecule has 2 aromatic rings. The van der Waals surface area contributed by atoms with E-state index in [1.54, 1.807) is 17.9 Å². The molecule has 154 valence electrons. The number of aryl methyl sites for hydroxylation is 1. The van der Waals surface area contributed by atoms with Crippen molar-refractivity contribution in [3.8, 4) is 10.6 Å². The molecule has 0 N–H and O–H groups in total. The van der Waals surface area contributed by atoms with Crippen LogP contribution in [-0.2, 0) is 6.18 Å². The summed E-state index contributed by atoms with van der Waals surface area (Å²) in [5.74, 6) is -0.180. The summed E-state index contributed by atoms with van der Waals surface area (Å²) < 4.78 is 40.0. The van der Waals surface area contributed by atoms with E-state index >= 15 is 0 Å². The summed E-state index contributed by atoms with van der Waals surface area (Å²) in [5.41, 5.74) is -0.270. The standard InChI is InChI=1S/C20H26F3N3OS/c1-5-25(6-2)12-13-26(7-3)19(27)17-14(4)24-18(28-17)15-10-8-9-11-16(15)20(21,22)23/h8-11H,5-7,12-13H2,1-4H3. The number of alkyl halides is 3. The predicted octanol–water partition coefficient (Wildman–Crippen LogP) is 4.94. The van der Waals surface area contributed by atoms with Gasteiger partial charge in [-0.25, -0.2) is 4.98 Å². The third-order valence-electron chi connectivity index (χ3n) is 4.70. The topological polar surface area (TPSA) is 36.4 Å². The maximum atomic E-state index is 13.3. The fourth-order valence-corrected chi connectivity index (χ4v) is 4.05. The van der Waals surface area contributed by atoms with E-state index in [1.807, 2.05) is 6.92 Å². The quantitative estimate of drug-likeness (QED) is 0.615. The van der Waals surface area contributed by atoms with Crippen molar-refractivity contribution in [2.45, 2.75) is 33.9 Å². The molecule has 0 aliphatic heterocycles. The fraction of sp³-hybridized carbons (Fsp3) is 0.500. The van der Waals surface area contributed by atoms with E-state index in [0.717, 1.165) is 37.0 Å². The molecule has 0 bridgehead atoms. The number of thiazole rings is 1. The highest BCUT2D eigenvalue weighted by Gasteiger charge is 2.34. The Balaban J connectivity index is 2.30. The second-order valence-corrected chi connectivity index (χ2v) is 7.39. The van der Waals surface area contributed by atoms with Crippen molar-refractivity contribution in [2.24, 2.45) is 0 Å². The molecule has 0 aliphatic rings. The molecule has 0 spiro atoms. The Kier molecular flexibility index (Phi) is 7.60. The minimum Gasteiger partial charge on any atom is -0.337 e. The van der Waals surface area contributed by atoms with Crippen molar-refractivity contribution in [3.63, 3.8) is 0 Å². The van der Waals surface area contributed by atoms with E-state index in [0.29, 0.717) is 23.7 Å². The predicted molar refractivity (Wildman–Crippen MR) is 107 cm³/mol. The van der Waals surface area contributed by atoms with Crippen LogP contribution < -0.4 is 0 Å². The molecule has 0 saturated heterocycles. The summed E-state index contributed by atoms with van der Waals surface area (Å²) in [5, 5.41) is 0.216. The highest BCUT2D eigenvalue weighted by molar-refractivity contribution is 7.17. The Morgan fingerprint density at radius 2 is 1.71 bits per heavy atom. The number of hydrogen-bond donors (Lipinski definition) is 0. The van der Waals surface area contributed by atoms with E-state index in [9.17, 15) is 18.0 Å². The van der Waals surface area contributed by atoms with Gasteiger partial charge in [-0.2, -0.15) is 13.2 Å². The first-order valence-electron chi connectivity index (χ1n) is 9.38. The zero-order valence-electron chi connectivity index (χ0n) is 16.6. The first-order chi connectivity index (χ1) is 13.2. The maximum absolute atomic E-state index is 13.3. The number of likely N-dealkylation sites (N-methyl/N-ethyl adjacent to an activating group) is 2. The number of benzene rings is 1. The summed E-state index contributed by atoms with van der Waals surface area (Å²) in [6.45, 7) is 11.4. The van der Waals surface area contributed by atoms with Crippen LogP contribution in [0, 0.1) is 6.92 Å². The van der Waals surface area contributed by atoms with Gasteiger partial charge in [0, 0.05) is 25.2 Å². The molecule has 8 heteroatoms. The van der Waals surface area contributed by atoms with Gasteiger partial charge in [0.1, 0.15) is 9.88 Å². The van der Waals surface area contributed by atoms with E-state index < -0.39 is 11.7 Å². The van der Waals surface area contributed by atoms with Gasteiger partial charge in [-0.1, -0.05) is 32.0 Å². The Hall–Kier alpha value is -1.93. The molecule has 0 unspecified atom stereocenters. The summed E-state index contributed by atoms with van der Waals surface area (Å²) in [7, 11) is 0. The first-order valence-corrected chi connectivity index (χ1v) is 10.2. The molecular weight excluding hydrogens is 387 g/mol. The Labute approximate surface area is 168 Å². The molecule has 28 heavy (non-hydrogen) atoms. The van der Waals surface area contributed by atoms with Gasteiger partial charge in [0.05, 0.1) is 11.3 Å². The van der Waals surface area contributed by atoms with Crippen molar-refractivity contribution < 1.29 is 18.0 Å². The zero-order chi connectivity index (χ0) is 20.9. The van der Waals surface area contributed by atoms with Crippen LogP contribution in [0.5, 0.6) is 0 Å². The number of aromatic nitrogens is 1. The minimum absolute atomic E-state index is 0.00772. The number of carbonyl (C=O) groups is 1. The molecule has 0 fully saturated rings. The van der Waals surface area contributed by atoms with Crippen molar-refractivity contribution in [1.82, 2.24) is 14.8 Å².